The molecule has 1 aromatic rings. The molecule has 27 heavy (non-hydrogen) atoms. The number of urea groups is 1. The first-order valence-electron chi connectivity index (χ1n) is 10.5. The second-order valence-corrected chi connectivity index (χ2v) is 8.07. The fourth-order valence-corrected chi connectivity index (χ4v) is 3.93. The van der Waals surface area contributed by atoms with Crippen molar-refractivity contribution in [2.75, 3.05) is 13.1 Å². The summed E-state index contributed by atoms with van der Waals surface area (Å²) in [6, 6.07) is 4.58. The first-order valence-corrected chi connectivity index (χ1v) is 10.5. The maximum atomic E-state index is 13.0. The molecule has 2 fully saturated rings. The molecule has 0 aliphatic heterocycles. The van der Waals surface area contributed by atoms with E-state index in [-0.39, 0.29) is 24.5 Å². The van der Waals surface area contributed by atoms with Crippen LogP contribution in [0.2, 0.25) is 0 Å². The molecule has 2 aliphatic carbocycles. The van der Waals surface area contributed by atoms with Crippen LogP contribution in [0.15, 0.2) is 18.3 Å². The van der Waals surface area contributed by atoms with Crippen LogP contribution in [0.4, 0.5) is 4.79 Å². The van der Waals surface area contributed by atoms with Gasteiger partial charge in [0.05, 0.1) is 6.54 Å². The predicted molar refractivity (Wildman–Crippen MR) is 106 cm³/mol. The van der Waals surface area contributed by atoms with Crippen molar-refractivity contribution in [2.45, 2.75) is 76.9 Å². The van der Waals surface area contributed by atoms with Gasteiger partial charge in [0.2, 0.25) is 5.91 Å². The summed E-state index contributed by atoms with van der Waals surface area (Å²) >= 11 is 0. The molecule has 6 heteroatoms. The van der Waals surface area contributed by atoms with E-state index in [1.165, 1.54) is 19.3 Å². The minimum Gasteiger partial charge on any atom is -0.353 e. The number of hydrogen-bond donors (Lipinski definition) is 1. The number of carbonyl (C=O) groups is 2. The lowest BCUT2D eigenvalue weighted by molar-refractivity contribution is -0.133. The molecule has 1 heterocycles. The largest absolute Gasteiger partial charge is 0.353 e. The van der Waals surface area contributed by atoms with Gasteiger partial charge < -0.3 is 19.7 Å². The molecule has 0 spiro atoms. The number of nitrogens with one attached hydrogen (secondary N) is 1. The molecule has 1 aromatic heterocycles. The fourth-order valence-electron chi connectivity index (χ4n) is 3.93. The number of carbonyl (C=O) groups excluding carboxylic acids is 2. The van der Waals surface area contributed by atoms with Crippen molar-refractivity contribution < 1.29 is 9.59 Å². The highest BCUT2D eigenvalue weighted by Crippen LogP contribution is 2.28. The quantitative estimate of drug-likeness (QED) is 0.759. The molecule has 2 saturated carbocycles. The molecule has 0 aromatic carbocycles. The highest BCUT2D eigenvalue weighted by Gasteiger charge is 2.34. The Morgan fingerprint density at radius 2 is 1.93 bits per heavy atom. The Bertz CT molecular complexity index is 632. The normalized spacial score (nSPS) is 17.6. The molecule has 6 nitrogen and oxygen atoms in total. The van der Waals surface area contributed by atoms with Gasteiger partial charge in [0.25, 0.3) is 0 Å². The topological polar surface area (TPSA) is 57.6 Å². The third-order valence-electron chi connectivity index (χ3n) is 5.73. The average molecular weight is 375 g/mol. The Balaban J connectivity index is 1.60. The van der Waals surface area contributed by atoms with Crippen molar-refractivity contribution in [3.8, 4) is 0 Å². The zero-order chi connectivity index (χ0) is 19.2. The summed E-state index contributed by atoms with van der Waals surface area (Å²) in [7, 11) is 2.01. The Hall–Kier alpha value is -1.98. The number of nitrogens with zero attached hydrogens (tertiary/aromatic N) is 3. The van der Waals surface area contributed by atoms with Gasteiger partial charge in [-0.3, -0.25) is 4.79 Å². The lowest BCUT2D eigenvalue weighted by atomic mass is 9.96. The molecule has 3 rings (SSSR count). The van der Waals surface area contributed by atoms with E-state index in [0.717, 1.165) is 37.8 Å². The minimum absolute atomic E-state index is 0.0611. The summed E-state index contributed by atoms with van der Waals surface area (Å²) in [6.45, 7) is 3.46. The summed E-state index contributed by atoms with van der Waals surface area (Å²) in [5, 5.41) is 3.16. The monoisotopic (exact) mass is 374 g/mol. The first-order chi connectivity index (χ1) is 13.1. The molecule has 0 saturated heterocycles. The predicted octanol–water partition coefficient (Wildman–Crippen LogP) is 3.27. The molecule has 150 valence electrons. The van der Waals surface area contributed by atoms with Gasteiger partial charge in [-0.25, -0.2) is 4.79 Å². The van der Waals surface area contributed by atoms with Crippen molar-refractivity contribution in [3.63, 3.8) is 0 Å². The molecule has 0 radical (unpaired) electrons. The van der Waals surface area contributed by atoms with Crippen molar-refractivity contribution in [1.29, 1.82) is 0 Å². The van der Waals surface area contributed by atoms with E-state index in [4.69, 9.17) is 0 Å². The van der Waals surface area contributed by atoms with E-state index >= 15 is 0 Å². The number of aromatic nitrogens is 1. The second kappa shape index (κ2) is 9.29. The zero-order valence-electron chi connectivity index (χ0n) is 16.8. The van der Waals surface area contributed by atoms with Gasteiger partial charge in [0.15, 0.2) is 0 Å². The highest BCUT2D eigenvalue weighted by molar-refractivity contribution is 5.84. The van der Waals surface area contributed by atoms with Crippen molar-refractivity contribution in [3.05, 3.63) is 24.0 Å². The third-order valence-corrected chi connectivity index (χ3v) is 5.73. The van der Waals surface area contributed by atoms with Crippen LogP contribution < -0.4 is 5.32 Å². The molecular weight excluding hydrogens is 340 g/mol. The number of hydrogen-bond acceptors (Lipinski definition) is 2. The summed E-state index contributed by atoms with van der Waals surface area (Å²) in [5.74, 6) is 0.0611. The van der Waals surface area contributed by atoms with Gasteiger partial charge in [-0.05, 0) is 44.2 Å². The number of rotatable bonds is 8. The fraction of sp³-hybridized carbons (Fsp3) is 0.714. The Labute approximate surface area is 162 Å². The lowest BCUT2D eigenvalue weighted by Crippen LogP contribution is -2.50. The van der Waals surface area contributed by atoms with Crippen LogP contribution in [0.1, 0.15) is 64.0 Å². The maximum Gasteiger partial charge on any atom is 0.318 e. The van der Waals surface area contributed by atoms with E-state index < -0.39 is 0 Å². The van der Waals surface area contributed by atoms with E-state index in [1.807, 2.05) is 31.1 Å². The number of amides is 3. The Kier molecular flexibility index (Phi) is 6.80. The van der Waals surface area contributed by atoms with Crippen LogP contribution in [0.5, 0.6) is 0 Å². The van der Waals surface area contributed by atoms with Gasteiger partial charge in [0.1, 0.15) is 6.54 Å². The second-order valence-electron chi connectivity index (χ2n) is 8.07. The maximum absolute atomic E-state index is 13.0. The van der Waals surface area contributed by atoms with Crippen LogP contribution in [-0.2, 0) is 18.4 Å². The molecule has 0 bridgehead atoms. The van der Waals surface area contributed by atoms with E-state index in [2.05, 4.69) is 16.0 Å². The highest BCUT2D eigenvalue weighted by atomic mass is 16.2. The molecule has 3 amide bonds. The number of aryl methyl sites for hydroxylation is 1. The minimum atomic E-state index is -0.0771. The van der Waals surface area contributed by atoms with Gasteiger partial charge in [-0.1, -0.05) is 26.2 Å². The molecule has 0 atom stereocenters. The van der Waals surface area contributed by atoms with E-state index in [9.17, 15) is 9.59 Å². The average Bonchev–Trinajstić information content (AvgIpc) is 3.42. The van der Waals surface area contributed by atoms with Crippen LogP contribution in [0.3, 0.4) is 0 Å². The Morgan fingerprint density at radius 3 is 2.52 bits per heavy atom. The lowest BCUT2D eigenvalue weighted by Gasteiger charge is -2.30. The van der Waals surface area contributed by atoms with Gasteiger partial charge in [-0.15, -0.1) is 0 Å². The molecule has 1 N–H and O–H groups in total. The van der Waals surface area contributed by atoms with Crippen LogP contribution in [0.25, 0.3) is 0 Å². The summed E-state index contributed by atoms with van der Waals surface area (Å²) in [4.78, 5) is 29.5. The van der Waals surface area contributed by atoms with Crippen LogP contribution in [-0.4, -0.2) is 51.5 Å². The summed E-state index contributed by atoms with van der Waals surface area (Å²) in [5.41, 5.74) is 1.13. The van der Waals surface area contributed by atoms with Gasteiger partial charge >= 0.3 is 6.03 Å². The smallest absolute Gasteiger partial charge is 0.318 e. The summed E-state index contributed by atoms with van der Waals surface area (Å²) < 4.78 is 2.06. The molecule has 2 aliphatic rings. The molecular formula is C21H34N4O2. The van der Waals surface area contributed by atoms with Gasteiger partial charge in [0, 0.05) is 37.6 Å². The first kappa shape index (κ1) is 19.8. The van der Waals surface area contributed by atoms with Crippen molar-refractivity contribution in [2.24, 2.45) is 7.05 Å². The van der Waals surface area contributed by atoms with Crippen LogP contribution in [0, 0.1) is 0 Å². The zero-order valence-corrected chi connectivity index (χ0v) is 16.8. The van der Waals surface area contributed by atoms with Gasteiger partial charge in [-0.2, -0.15) is 0 Å². The van der Waals surface area contributed by atoms with E-state index in [0.29, 0.717) is 19.1 Å². The van der Waals surface area contributed by atoms with Crippen molar-refractivity contribution >= 4 is 11.9 Å². The Morgan fingerprint density at radius 1 is 1.19 bits per heavy atom. The van der Waals surface area contributed by atoms with Crippen molar-refractivity contribution in [1.82, 2.24) is 19.7 Å². The molecule has 0 unspecified atom stereocenters. The SMILES string of the molecule is CCCN(CC(=O)N(Cc1cccn1C)C1CC1)C(=O)NC1CCCCC1. The van der Waals surface area contributed by atoms with Crippen LogP contribution >= 0.6 is 0 Å². The standard InChI is InChI=1S/C21H34N4O2/c1-3-13-24(21(27)22-17-8-5-4-6-9-17)16-20(26)25(18-11-12-18)15-19-10-7-14-23(19)2/h7,10,14,17-18H,3-6,8-9,11-13,15-16H2,1-2H3,(H,22,27). The third kappa shape index (κ3) is 5.50. The summed E-state index contributed by atoms with van der Waals surface area (Å²) in [6.07, 6.45) is 10.7. The van der Waals surface area contributed by atoms with E-state index in [1.54, 1.807) is 4.90 Å².